The number of alkyl halides is 3. The van der Waals surface area contributed by atoms with Crippen LogP contribution in [-0.4, -0.2) is 38.3 Å². The van der Waals surface area contributed by atoms with Crippen LogP contribution in [0.25, 0.3) is 0 Å². The third-order valence-corrected chi connectivity index (χ3v) is 7.61. The standard InChI is InChI=1S/C22H24Cl2F3NO3S/c1-14(2)31-21-19(23)8-16(9-20(21)24)12-28-7-6-15(11-28)13-32(29,30)18-5-3-4-17(10-18)22(25,26)27/h3-5,8-10,14-15H,6-7,11-13H2,1-2H3/t15-/m1/s1. The van der Waals surface area contributed by atoms with Crippen molar-refractivity contribution in [2.24, 2.45) is 5.92 Å². The molecule has 4 nitrogen and oxygen atoms in total. The summed E-state index contributed by atoms with van der Waals surface area (Å²) in [6.45, 7) is 5.46. The molecule has 1 aliphatic heterocycles. The second-order valence-electron chi connectivity index (χ2n) is 8.25. The molecular formula is C22H24Cl2F3NO3S. The smallest absolute Gasteiger partial charge is 0.416 e. The van der Waals surface area contributed by atoms with Gasteiger partial charge in [-0.15, -0.1) is 0 Å². The Kier molecular flexibility index (Phi) is 7.70. The predicted octanol–water partition coefficient (Wildman–Crippen LogP) is 6.10. The van der Waals surface area contributed by atoms with Crippen molar-refractivity contribution in [2.45, 2.75) is 44.0 Å². The fraction of sp³-hybridized carbons (Fsp3) is 0.455. The molecule has 1 aliphatic rings. The summed E-state index contributed by atoms with van der Waals surface area (Å²) in [5.74, 6) is 0.0515. The van der Waals surface area contributed by atoms with Crippen molar-refractivity contribution in [2.75, 3.05) is 18.8 Å². The summed E-state index contributed by atoms with van der Waals surface area (Å²) in [6, 6.07) is 7.45. The van der Waals surface area contributed by atoms with E-state index in [2.05, 4.69) is 4.90 Å². The Bertz CT molecular complexity index is 1050. The van der Waals surface area contributed by atoms with E-state index in [0.717, 1.165) is 17.7 Å². The van der Waals surface area contributed by atoms with Gasteiger partial charge in [-0.05, 0) is 68.6 Å². The minimum absolute atomic E-state index is 0.0750. The zero-order chi connectivity index (χ0) is 23.7. The minimum atomic E-state index is -4.59. The zero-order valence-corrected chi connectivity index (χ0v) is 20.0. The maximum absolute atomic E-state index is 12.9. The summed E-state index contributed by atoms with van der Waals surface area (Å²) in [5.41, 5.74) is -0.0947. The highest BCUT2D eigenvalue weighted by Crippen LogP contribution is 2.36. The molecule has 1 saturated heterocycles. The molecule has 10 heteroatoms. The van der Waals surface area contributed by atoms with E-state index in [-0.39, 0.29) is 22.7 Å². The molecule has 0 saturated carbocycles. The molecule has 0 spiro atoms. The number of likely N-dealkylation sites (tertiary alicyclic amines) is 1. The van der Waals surface area contributed by atoms with E-state index in [1.807, 2.05) is 13.8 Å². The maximum atomic E-state index is 12.9. The van der Waals surface area contributed by atoms with E-state index in [1.165, 1.54) is 6.07 Å². The van der Waals surface area contributed by atoms with Gasteiger partial charge in [-0.3, -0.25) is 4.90 Å². The summed E-state index contributed by atoms with van der Waals surface area (Å²) in [6.07, 6.45) is -4.03. The second kappa shape index (κ2) is 9.79. The van der Waals surface area contributed by atoms with E-state index in [0.29, 0.717) is 47.9 Å². The van der Waals surface area contributed by atoms with Gasteiger partial charge in [0.2, 0.25) is 0 Å². The van der Waals surface area contributed by atoms with Crippen molar-refractivity contribution in [3.05, 3.63) is 57.6 Å². The lowest BCUT2D eigenvalue weighted by atomic mass is 10.1. The number of rotatable bonds is 7. The summed E-state index contributed by atoms with van der Waals surface area (Å²) < 4.78 is 69.9. The van der Waals surface area contributed by atoms with E-state index < -0.39 is 21.6 Å². The molecule has 2 aromatic carbocycles. The second-order valence-corrected chi connectivity index (χ2v) is 11.1. The van der Waals surface area contributed by atoms with Gasteiger partial charge in [-0.1, -0.05) is 29.3 Å². The van der Waals surface area contributed by atoms with E-state index >= 15 is 0 Å². The van der Waals surface area contributed by atoms with Crippen LogP contribution in [0.4, 0.5) is 13.2 Å². The molecule has 0 bridgehead atoms. The van der Waals surface area contributed by atoms with Crippen LogP contribution in [-0.2, 0) is 22.6 Å². The van der Waals surface area contributed by atoms with Gasteiger partial charge in [0, 0.05) is 13.1 Å². The summed E-state index contributed by atoms with van der Waals surface area (Å²) in [5, 5.41) is 0.813. The first-order valence-electron chi connectivity index (χ1n) is 10.1. The first-order chi connectivity index (χ1) is 14.8. The third kappa shape index (κ3) is 6.31. The number of halogens is 5. The molecule has 1 atom stereocenters. The molecule has 2 aromatic rings. The zero-order valence-electron chi connectivity index (χ0n) is 17.6. The van der Waals surface area contributed by atoms with Crippen LogP contribution in [0.1, 0.15) is 31.4 Å². The molecule has 0 aromatic heterocycles. The number of ether oxygens (including phenoxy) is 1. The SMILES string of the molecule is CC(C)Oc1c(Cl)cc(CN2CC[C@@H](CS(=O)(=O)c3cccc(C(F)(F)F)c3)C2)cc1Cl. The number of hydrogen-bond donors (Lipinski definition) is 0. The van der Waals surface area contributed by atoms with Gasteiger partial charge in [-0.2, -0.15) is 13.2 Å². The molecule has 1 fully saturated rings. The number of hydrogen-bond acceptors (Lipinski definition) is 4. The summed E-state index contributed by atoms with van der Waals surface area (Å²) in [7, 11) is -3.84. The number of nitrogens with zero attached hydrogens (tertiary/aromatic N) is 1. The van der Waals surface area contributed by atoms with Crippen molar-refractivity contribution in [3.8, 4) is 5.75 Å². The first-order valence-corrected chi connectivity index (χ1v) is 12.5. The Morgan fingerprint density at radius 2 is 1.81 bits per heavy atom. The third-order valence-electron chi connectivity index (χ3n) is 5.16. The summed E-state index contributed by atoms with van der Waals surface area (Å²) >= 11 is 12.6. The van der Waals surface area contributed by atoms with Crippen molar-refractivity contribution in [1.82, 2.24) is 4.90 Å². The average Bonchev–Trinajstić information content (AvgIpc) is 3.10. The predicted molar refractivity (Wildman–Crippen MR) is 119 cm³/mol. The molecule has 0 aliphatic carbocycles. The Hall–Kier alpha value is -1.48. The van der Waals surface area contributed by atoms with E-state index in [1.54, 1.807) is 12.1 Å². The highest BCUT2D eigenvalue weighted by Gasteiger charge is 2.33. The molecule has 0 amide bonds. The molecule has 0 N–H and O–H groups in total. The van der Waals surface area contributed by atoms with E-state index in [9.17, 15) is 21.6 Å². The van der Waals surface area contributed by atoms with Crippen molar-refractivity contribution in [1.29, 1.82) is 0 Å². The van der Waals surface area contributed by atoms with Gasteiger partial charge in [-0.25, -0.2) is 8.42 Å². The average molecular weight is 510 g/mol. The molecule has 3 rings (SSSR count). The van der Waals surface area contributed by atoms with Crippen LogP contribution < -0.4 is 4.74 Å². The topological polar surface area (TPSA) is 46.6 Å². The highest BCUT2D eigenvalue weighted by atomic mass is 35.5. The van der Waals surface area contributed by atoms with Gasteiger partial charge < -0.3 is 4.74 Å². The fourth-order valence-corrected chi connectivity index (χ4v) is 6.07. The van der Waals surface area contributed by atoms with Crippen LogP contribution in [0.5, 0.6) is 5.75 Å². The van der Waals surface area contributed by atoms with Crippen molar-refractivity contribution >= 4 is 33.0 Å². The molecule has 0 unspecified atom stereocenters. The van der Waals surface area contributed by atoms with Crippen LogP contribution in [0, 0.1) is 5.92 Å². The number of benzene rings is 2. The Balaban J connectivity index is 1.65. The van der Waals surface area contributed by atoms with Crippen LogP contribution in [0.15, 0.2) is 41.3 Å². The molecule has 176 valence electrons. The van der Waals surface area contributed by atoms with E-state index in [4.69, 9.17) is 27.9 Å². The van der Waals surface area contributed by atoms with Gasteiger partial charge in [0.05, 0.1) is 32.4 Å². The van der Waals surface area contributed by atoms with Crippen LogP contribution in [0.2, 0.25) is 10.0 Å². The molecule has 1 heterocycles. The van der Waals surface area contributed by atoms with Gasteiger partial charge in [0.15, 0.2) is 15.6 Å². The lowest BCUT2D eigenvalue weighted by Crippen LogP contribution is -2.23. The largest absolute Gasteiger partial charge is 0.488 e. The lowest BCUT2D eigenvalue weighted by Gasteiger charge is -2.19. The monoisotopic (exact) mass is 509 g/mol. The Morgan fingerprint density at radius 1 is 1.16 bits per heavy atom. The molecule has 0 radical (unpaired) electrons. The van der Waals surface area contributed by atoms with Gasteiger partial charge >= 0.3 is 6.18 Å². The Morgan fingerprint density at radius 3 is 2.41 bits per heavy atom. The normalized spacial score (nSPS) is 17.8. The summed E-state index contributed by atoms with van der Waals surface area (Å²) in [4.78, 5) is 1.78. The van der Waals surface area contributed by atoms with Crippen molar-refractivity contribution < 1.29 is 26.3 Å². The molecule has 32 heavy (non-hydrogen) atoms. The highest BCUT2D eigenvalue weighted by molar-refractivity contribution is 7.91. The quantitative estimate of drug-likeness (QED) is 0.452. The van der Waals surface area contributed by atoms with Gasteiger partial charge in [0.1, 0.15) is 0 Å². The maximum Gasteiger partial charge on any atom is 0.416 e. The minimum Gasteiger partial charge on any atom is -0.488 e. The van der Waals surface area contributed by atoms with Crippen LogP contribution >= 0.6 is 23.2 Å². The number of sulfone groups is 1. The van der Waals surface area contributed by atoms with Gasteiger partial charge in [0.25, 0.3) is 0 Å². The molecular weight excluding hydrogens is 486 g/mol. The Labute approximate surface area is 196 Å². The van der Waals surface area contributed by atoms with Crippen molar-refractivity contribution in [3.63, 3.8) is 0 Å². The van der Waals surface area contributed by atoms with Crippen LogP contribution in [0.3, 0.4) is 0 Å². The lowest BCUT2D eigenvalue weighted by molar-refractivity contribution is -0.137. The fourth-order valence-electron chi connectivity index (χ4n) is 3.78. The first kappa shape index (κ1) is 25.1.